The van der Waals surface area contributed by atoms with E-state index < -0.39 is 17.8 Å². The summed E-state index contributed by atoms with van der Waals surface area (Å²) in [4.78, 5) is 44.4. The average Bonchev–Trinajstić information content (AvgIpc) is 2.78. The molecular weight excluding hydrogens is 439 g/mol. The zero-order valence-corrected chi connectivity index (χ0v) is 19.9. The summed E-state index contributed by atoms with van der Waals surface area (Å²) in [7, 11) is 0. The van der Waals surface area contributed by atoms with E-state index >= 15 is 0 Å². The number of likely N-dealkylation sites (N-methyl/N-ethyl adjacent to an activating group) is 1. The molecule has 0 unspecified atom stereocenters. The highest BCUT2D eigenvalue weighted by atomic mass is 19.1. The van der Waals surface area contributed by atoms with Crippen LogP contribution >= 0.6 is 0 Å². The van der Waals surface area contributed by atoms with Crippen molar-refractivity contribution < 1.29 is 23.5 Å². The predicted octanol–water partition coefficient (Wildman–Crippen LogP) is 2.67. The summed E-state index contributed by atoms with van der Waals surface area (Å²) in [6.45, 7) is 7.07. The second-order valence-electron chi connectivity index (χ2n) is 8.99. The van der Waals surface area contributed by atoms with Crippen molar-refractivity contribution in [3.05, 3.63) is 46.9 Å². The first-order valence-electron chi connectivity index (χ1n) is 12.2. The normalized spacial score (nSPS) is 21.9. The minimum atomic E-state index is -0.804. The second-order valence-corrected chi connectivity index (χ2v) is 8.99. The molecule has 2 fully saturated rings. The summed E-state index contributed by atoms with van der Waals surface area (Å²) in [5, 5.41) is 2.86. The summed E-state index contributed by atoms with van der Waals surface area (Å²) in [6.07, 6.45) is 3.09. The summed E-state index contributed by atoms with van der Waals surface area (Å²) >= 11 is 0. The smallest absolute Gasteiger partial charge is 0.338 e. The topological polar surface area (TPSA) is 82.2 Å². The van der Waals surface area contributed by atoms with E-state index in [1.807, 2.05) is 11.8 Å². The fourth-order valence-electron chi connectivity index (χ4n) is 4.85. The molecule has 2 heterocycles. The number of hydrogen-bond acceptors (Lipinski definition) is 5. The fraction of sp³-hybridized carbons (Fsp3) is 0.560. The van der Waals surface area contributed by atoms with Gasteiger partial charge in [-0.1, -0.05) is 18.6 Å². The van der Waals surface area contributed by atoms with Crippen molar-refractivity contribution in [3.63, 3.8) is 0 Å². The number of piperazine rings is 1. The van der Waals surface area contributed by atoms with E-state index in [0.29, 0.717) is 56.1 Å². The molecule has 184 valence electrons. The Morgan fingerprint density at radius 1 is 1.15 bits per heavy atom. The number of rotatable bonds is 7. The van der Waals surface area contributed by atoms with Gasteiger partial charge in [-0.25, -0.2) is 14.0 Å². The van der Waals surface area contributed by atoms with E-state index in [4.69, 9.17) is 4.74 Å². The summed E-state index contributed by atoms with van der Waals surface area (Å²) < 4.78 is 19.4. The van der Waals surface area contributed by atoms with Crippen molar-refractivity contribution in [2.45, 2.75) is 39.2 Å². The van der Waals surface area contributed by atoms with Gasteiger partial charge in [0.25, 0.3) is 0 Å². The number of nitrogens with one attached hydrogen (secondary N) is 1. The quantitative estimate of drug-likeness (QED) is 0.617. The number of ether oxygens (including phenoxy) is 1. The molecule has 0 radical (unpaired) electrons. The minimum Gasteiger partial charge on any atom is -0.463 e. The summed E-state index contributed by atoms with van der Waals surface area (Å²) in [5.41, 5.74) is 1.38. The fourth-order valence-corrected chi connectivity index (χ4v) is 4.85. The highest BCUT2D eigenvalue weighted by molar-refractivity contribution is 5.95. The Balaban J connectivity index is 1.61. The molecular formula is C25H33FN4O4. The first-order valence-corrected chi connectivity index (χ1v) is 12.2. The van der Waals surface area contributed by atoms with Crippen LogP contribution in [0.25, 0.3) is 0 Å². The molecule has 1 aromatic rings. The van der Waals surface area contributed by atoms with Crippen LogP contribution in [-0.2, 0) is 14.3 Å². The number of benzene rings is 1. The first kappa shape index (κ1) is 24.2. The molecule has 1 aromatic carbocycles. The third kappa shape index (κ3) is 4.94. The number of esters is 1. The number of carbonyl (C=O) groups is 3. The van der Waals surface area contributed by atoms with Gasteiger partial charge in [-0.15, -0.1) is 0 Å². The van der Waals surface area contributed by atoms with Crippen LogP contribution in [0.5, 0.6) is 0 Å². The monoisotopic (exact) mass is 472 g/mol. The Labute approximate surface area is 199 Å². The van der Waals surface area contributed by atoms with E-state index in [1.165, 1.54) is 12.1 Å². The third-order valence-corrected chi connectivity index (χ3v) is 6.94. The predicted molar refractivity (Wildman–Crippen MR) is 124 cm³/mol. The van der Waals surface area contributed by atoms with Gasteiger partial charge in [-0.2, -0.15) is 0 Å². The molecule has 1 N–H and O–H groups in total. The average molecular weight is 473 g/mol. The van der Waals surface area contributed by atoms with Gasteiger partial charge in [0, 0.05) is 50.9 Å². The molecule has 34 heavy (non-hydrogen) atoms. The van der Waals surface area contributed by atoms with Crippen molar-refractivity contribution in [2.24, 2.45) is 5.92 Å². The molecule has 0 spiro atoms. The van der Waals surface area contributed by atoms with Crippen LogP contribution < -0.4 is 5.32 Å². The zero-order chi connectivity index (χ0) is 24.2. The van der Waals surface area contributed by atoms with E-state index in [1.54, 1.807) is 24.0 Å². The zero-order valence-electron chi connectivity index (χ0n) is 19.9. The van der Waals surface area contributed by atoms with Crippen molar-refractivity contribution in [1.82, 2.24) is 20.0 Å². The molecule has 9 heteroatoms. The van der Waals surface area contributed by atoms with Crippen LogP contribution in [0.4, 0.5) is 9.18 Å². The molecule has 3 aliphatic rings. The molecule has 4 rings (SSSR count). The highest BCUT2D eigenvalue weighted by Crippen LogP contribution is 2.33. The van der Waals surface area contributed by atoms with Crippen molar-refractivity contribution >= 4 is 17.9 Å². The van der Waals surface area contributed by atoms with Gasteiger partial charge in [-0.3, -0.25) is 14.6 Å². The van der Waals surface area contributed by atoms with Crippen LogP contribution in [0.1, 0.15) is 44.7 Å². The number of amides is 3. The van der Waals surface area contributed by atoms with Crippen molar-refractivity contribution in [2.75, 3.05) is 45.9 Å². The molecule has 2 aliphatic heterocycles. The van der Waals surface area contributed by atoms with Gasteiger partial charge in [-0.05, 0) is 44.4 Å². The summed E-state index contributed by atoms with van der Waals surface area (Å²) in [5.74, 6) is -0.546. The highest BCUT2D eigenvalue weighted by Gasteiger charge is 2.39. The molecule has 1 saturated heterocycles. The summed E-state index contributed by atoms with van der Waals surface area (Å²) in [6, 6.07) is 4.76. The second kappa shape index (κ2) is 10.5. The molecule has 1 atom stereocenters. The Hall–Kier alpha value is -2.94. The lowest BCUT2D eigenvalue weighted by Gasteiger charge is -2.41. The molecule has 1 saturated carbocycles. The number of carbonyl (C=O) groups excluding carboxylic acids is 3. The minimum absolute atomic E-state index is 0.175. The van der Waals surface area contributed by atoms with E-state index in [2.05, 4.69) is 10.2 Å². The molecule has 0 bridgehead atoms. The molecule has 3 amide bonds. The maximum Gasteiger partial charge on any atom is 0.338 e. The number of halogens is 1. The largest absolute Gasteiger partial charge is 0.463 e. The number of nitrogens with zero attached hydrogens (tertiary/aromatic N) is 3. The van der Waals surface area contributed by atoms with Crippen LogP contribution in [-0.4, -0.2) is 78.5 Å². The van der Waals surface area contributed by atoms with Crippen LogP contribution in [0, 0.1) is 11.7 Å². The Bertz CT molecular complexity index is 969. The van der Waals surface area contributed by atoms with Crippen molar-refractivity contribution in [3.8, 4) is 0 Å². The van der Waals surface area contributed by atoms with Crippen molar-refractivity contribution in [1.29, 1.82) is 0 Å². The lowest BCUT2D eigenvalue weighted by Crippen LogP contribution is -2.54. The van der Waals surface area contributed by atoms with Gasteiger partial charge in [0.1, 0.15) is 5.82 Å². The van der Waals surface area contributed by atoms with Crippen LogP contribution in [0.2, 0.25) is 0 Å². The van der Waals surface area contributed by atoms with E-state index in [-0.39, 0.29) is 24.5 Å². The van der Waals surface area contributed by atoms with Gasteiger partial charge in [0.2, 0.25) is 5.91 Å². The Morgan fingerprint density at radius 2 is 1.88 bits per heavy atom. The third-order valence-electron chi connectivity index (χ3n) is 6.94. The maximum absolute atomic E-state index is 14.0. The first-order chi connectivity index (χ1) is 16.4. The van der Waals surface area contributed by atoms with Crippen LogP contribution in [0.3, 0.4) is 0 Å². The SMILES string of the molecule is CCOC(=O)C1=C(CN2CCN(C(=O)C3CCC3)CC2)N(CC)C(=O)N[C@@H]1c1cccc(F)c1. The number of urea groups is 1. The Kier molecular flexibility index (Phi) is 7.50. The van der Waals surface area contributed by atoms with Gasteiger partial charge in [0.15, 0.2) is 0 Å². The van der Waals surface area contributed by atoms with E-state index in [0.717, 1.165) is 19.3 Å². The van der Waals surface area contributed by atoms with Gasteiger partial charge < -0.3 is 15.0 Å². The molecule has 0 aromatic heterocycles. The van der Waals surface area contributed by atoms with Crippen LogP contribution in [0.15, 0.2) is 35.5 Å². The standard InChI is InChI=1S/C25H33FN4O4/c1-3-30-20(16-28-11-13-29(14-12-28)23(31)17-7-5-8-17)21(24(32)34-4-2)22(27-25(30)33)18-9-6-10-19(26)15-18/h6,9-10,15,17,22H,3-5,7-8,11-14,16H2,1-2H3,(H,27,33)/t22-/m1/s1. The van der Waals surface area contributed by atoms with E-state index in [9.17, 15) is 18.8 Å². The lowest BCUT2D eigenvalue weighted by atomic mass is 9.84. The maximum atomic E-state index is 14.0. The molecule has 8 nitrogen and oxygen atoms in total. The lowest BCUT2D eigenvalue weighted by molar-refractivity contribution is -0.140. The molecule has 1 aliphatic carbocycles. The van der Waals surface area contributed by atoms with Gasteiger partial charge in [0.05, 0.1) is 18.2 Å². The Morgan fingerprint density at radius 3 is 2.47 bits per heavy atom. The number of hydrogen-bond donors (Lipinski definition) is 1. The van der Waals surface area contributed by atoms with Gasteiger partial charge >= 0.3 is 12.0 Å².